The molecule has 2 aromatic carbocycles. The first-order chi connectivity index (χ1) is 15.1. The second-order valence-corrected chi connectivity index (χ2v) is 7.81. The fraction of sp³-hybridized carbons (Fsp3) is 0.462. The number of rotatable bonds is 14. The van der Waals surface area contributed by atoms with Gasteiger partial charge in [-0.3, -0.25) is 9.59 Å². The monoisotopic (exact) mass is 424 g/mol. The van der Waals surface area contributed by atoms with Crippen molar-refractivity contribution in [3.63, 3.8) is 0 Å². The Morgan fingerprint density at radius 2 is 1.39 bits per heavy atom. The van der Waals surface area contributed by atoms with Crippen LogP contribution in [0, 0.1) is 0 Å². The summed E-state index contributed by atoms with van der Waals surface area (Å²) in [6, 6.07) is 18.2. The second kappa shape index (κ2) is 14.4. The van der Waals surface area contributed by atoms with Crippen molar-refractivity contribution in [3.8, 4) is 0 Å². The lowest BCUT2D eigenvalue weighted by Crippen LogP contribution is -2.32. The number of nitrogens with zero attached hydrogens (tertiary/aromatic N) is 1. The lowest BCUT2D eigenvalue weighted by Gasteiger charge is -2.21. The van der Waals surface area contributed by atoms with Crippen LogP contribution in [0.15, 0.2) is 54.6 Å². The molecule has 0 saturated heterocycles. The molecule has 1 N–H and O–H groups in total. The molecule has 5 nitrogen and oxygen atoms in total. The fourth-order valence-electron chi connectivity index (χ4n) is 3.36. The van der Waals surface area contributed by atoms with Crippen molar-refractivity contribution >= 4 is 11.8 Å². The molecule has 0 heterocycles. The molecule has 0 bridgehead atoms. The summed E-state index contributed by atoms with van der Waals surface area (Å²) in [6.07, 6.45) is 3.33. The van der Waals surface area contributed by atoms with Gasteiger partial charge in [-0.1, -0.05) is 68.4 Å². The highest BCUT2D eigenvalue weighted by atomic mass is 16.5. The summed E-state index contributed by atoms with van der Waals surface area (Å²) in [4.78, 5) is 26.3. The van der Waals surface area contributed by atoms with Crippen LogP contribution in [0.5, 0.6) is 0 Å². The number of carbonyl (C=O) groups excluding carboxylic acids is 2. The van der Waals surface area contributed by atoms with Gasteiger partial charge in [0.2, 0.25) is 11.8 Å². The van der Waals surface area contributed by atoms with Crippen LogP contribution in [0.1, 0.15) is 62.6 Å². The Bertz CT molecular complexity index is 769. The van der Waals surface area contributed by atoms with E-state index in [-0.39, 0.29) is 11.8 Å². The molecule has 168 valence electrons. The predicted octanol–water partition coefficient (Wildman–Crippen LogP) is 4.84. The Labute approximate surface area is 186 Å². The lowest BCUT2D eigenvalue weighted by molar-refractivity contribution is -0.131. The van der Waals surface area contributed by atoms with Gasteiger partial charge in [0, 0.05) is 32.5 Å². The summed E-state index contributed by atoms with van der Waals surface area (Å²) in [6.45, 7) is 7.40. The van der Waals surface area contributed by atoms with E-state index in [9.17, 15) is 9.59 Å². The zero-order chi connectivity index (χ0) is 22.3. The minimum Gasteiger partial charge on any atom is -0.372 e. The Morgan fingerprint density at radius 3 is 2.00 bits per heavy atom. The Balaban J connectivity index is 1.63. The summed E-state index contributed by atoms with van der Waals surface area (Å²) in [7, 11) is 0. The molecule has 0 saturated carbocycles. The van der Waals surface area contributed by atoms with E-state index in [1.165, 1.54) is 0 Å². The molecular formula is C26H36N2O3. The molecule has 0 atom stereocenters. The fourth-order valence-corrected chi connectivity index (χ4v) is 3.36. The van der Waals surface area contributed by atoms with Gasteiger partial charge in [-0.15, -0.1) is 0 Å². The zero-order valence-electron chi connectivity index (χ0n) is 18.9. The number of carbonyl (C=O) groups is 2. The van der Waals surface area contributed by atoms with E-state index in [0.717, 1.165) is 42.6 Å². The van der Waals surface area contributed by atoms with Crippen LogP contribution >= 0.6 is 0 Å². The average molecular weight is 425 g/mol. The van der Waals surface area contributed by atoms with Crippen LogP contribution in [0.3, 0.4) is 0 Å². The maximum absolute atomic E-state index is 12.3. The number of benzene rings is 2. The van der Waals surface area contributed by atoms with Gasteiger partial charge in [-0.2, -0.15) is 0 Å². The van der Waals surface area contributed by atoms with Crippen LogP contribution in [0.25, 0.3) is 0 Å². The molecule has 0 aromatic heterocycles. The lowest BCUT2D eigenvalue weighted by atomic mass is 10.1. The van der Waals surface area contributed by atoms with E-state index in [1.54, 1.807) is 0 Å². The van der Waals surface area contributed by atoms with Crippen LogP contribution in [0.2, 0.25) is 0 Å². The standard InChI is InChI=1S/C26H36N2O3/c1-3-17-28(18-4-2)26(30)12-8-11-25(29)27-19-22-13-15-24(16-14-22)21-31-20-23-9-6-5-7-10-23/h5-7,9-10,13-16H,3-4,8,11-12,17-21H2,1-2H3,(H,27,29). The minimum atomic E-state index is -0.0133. The Morgan fingerprint density at radius 1 is 0.806 bits per heavy atom. The normalized spacial score (nSPS) is 10.6. The van der Waals surface area contributed by atoms with Crippen molar-refractivity contribution in [1.82, 2.24) is 10.2 Å². The molecule has 0 aliphatic rings. The highest BCUT2D eigenvalue weighted by Crippen LogP contribution is 2.09. The number of hydrogen-bond acceptors (Lipinski definition) is 3. The molecule has 0 aliphatic heterocycles. The molecule has 2 amide bonds. The third kappa shape index (κ3) is 9.79. The van der Waals surface area contributed by atoms with Gasteiger partial charge < -0.3 is 15.0 Å². The van der Waals surface area contributed by atoms with Crippen molar-refractivity contribution in [2.75, 3.05) is 13.1 Å². The van der Waals surface area contributed by atoms with Crippen molar-refractivity contribution in [3.05, 3.63) is 71.3 Å². The maximum atomic E-state index is 12.3. The van der Waals surface area contributed by atoms with E-state index < -0.39 is 0 Å². The Kier molecular flexibility index (Phi) is 11.4. The number of nitrogens with one attached hydrogen (secondary N) is 1. The van der Waals surface area contributed by atoms with Crippen LogP contribution in [-0.2, 0) is 34.1 Å². The van der Waals surface area contributed by atoms with Gasteiger partial charge in [0.05, 0.1) is 13.2 Å². The van der Waals surface area contributed by atoms with Gasteiger partial charge in [-0.05, 0) is 36.0 Å². The smallest absolute Gasteiger partial charge is 0.222 e. The van der Waals surface area contributed by atoms with E-state index in [2.05, 4.69) is 19.2 Å². The van der Waals surface area contributed by atoms with Gasteiger partial charge in [0.25, 0.3) is 0 Å². The first-order valence-corrected chi connectivity index (χ1v) is 11.4. The molecule has 0 spiro atoms. The maximum Gasteiger partial charge on any atom is 0.222 e. The molecule has 0 unspecified atom stereocenters. The second-order valence-electron chi connectivity index (χ2n) is 7.81. The van der Waals surface area contributed by atoms with Crippen LogP contribution < -0.4 is 5.32 Å². The molecule has 2 aromatic rings. The summed E-state index contributed by atoms with van der Waals surface area (Å²) in [5.41, 5.74) is 3.31. The SMILES string of the molecule is CCCN(CCC)C(=O)CCCC(=O)NCc1ccc(COCc2ccccc2)cc1. The highest BCUT2D eigenvalue weighted by molar-refractivity contribution is 5.79. The number of ether oxygens (including phenoxy) is 1. The molecular weight excluding hydrogens is 388 g/mol. The quantitative estimate of drug-likeness (QED) is 0.472. The largest absolute Gasteiger partial charge is 0.372 e. The summed E-state index contributed by atoms with van der Waals surface area (Å²) in [5.74, 6) is 0.141. The molecule has 0 radical (unpaired) electrons. The predicted molar refractivity (Wildman–Crippen MR) is 124 cm³/mol. The molecule has 0 fully saturated rings. The van der Waals surface area contributed by atoms with Gasteiger partial charge in [-0.25, -0.2) is 0 Å². The van der Waals surface area contributed by atoms with E-state index in [4.69, 9.17) is 4.74 Å². The summed E-state index contributed by atoms with van der Waals surface area (Å²) in [5, 5.41) is 2.94. The van der Waals surface area contributed by atoms with Crippen LogP contribution in [0.4, 0.5) is 0 Å². The molecule has 0 aliphatic carbocycles. The first kappa shape index (κ1) is 24.6. The van der Waals surface area contributed by atoms with E-state index >= 15 is 0 Å². The third-order valence-electron chi connectivity index (χ3n) is 5.03. The summed E-state index contributed by atoms with van der Waals surface area (Å²) >= 11 is 0. The first-order valence-electron chi connectivity index (χ1n) is 11.4. The topological polar surface area (TPSA) is 58.6 Å². The van der Waals surface area contributed by atoms with Crippen LogP contribution in [-0.4, -0.2) is 29.8 Å². The molecule has 2 rings (SSSR count). The third-order valence-corrected chi connectivity index (χ3v) is 5.03. The highest BCUT2D eigenvalue weighted by Gasteiger charge is 2.12. The van der Waals surface area contributed by atoms with Crippen molar-refractivity contribution in [2.45, 2.75) is 65.7 Å². The van der Waals surface area contributed by atoms with Gasteiger partial charge in [0.1, 0.15) is 0 Å². The number of hydrogen-bond donors (Lipinski definition) is 1. The molecule has 31 heavy (non-hydrogen) atoms. The van der Waals surface area contributed by atoms with Gasteiger partial charge in [0.15, 0.2) is 0 Å². The van der Waals surface area contributed by atoms with Crippen molar-refractivity contribution < 1.29 is 14.3 Å². The average Bonchev–Trinajstić information content (AvgIpc) is 2.79. The minimum absolute atomic E-state index is 0.0133. The number of amides is 2. The zero-order valence-corrected chi connectivity index (χ0v) is 18.9. The Hall–Kier alpha value is -2.66. The molecule has 5 heteroatoms. The van der Waals surface area contributed by atoms with Crippen molar-refractivity contribution in [2.24, 2.45) is 0 Å². The van der Waals surface area contributed by atoms with E-state index in [0.29, 0.717) is 39.0 Å². The van der Waals surface area contributed by atoms with Crippen molar-refractivity contribution in [1.29, 1.82) is 0 Å². The van der Waals surface area contributed by atoms with E-state index in [1.807, 2.05) is 59.5 Å². The summed E-state index contributed by atoms with van der Waals surface area (Å²) < 4.78 is 5.75. The van der Waals surface area contributed by atoms with Gasteiger partial charge >= 0.3 is 0 Å².